The van der Waals surface area contributed by atoms with Gasteiger partial charge in [0.05, 0.1) is 22.2 Å². The third-order valence-corrected chi connectivity index (χ3v) is 5.99. The normalized spacial score (nSPS) is 18.8. The largest absolute Gasteiger partial charge is 0.391 e. The van der Waals surface area contributed by atoms with E-state index in [9.17, 15) is 14.7 Å². The number of hydrogen-bond donors (Lipinski definition) is 2. The number of β-amino-alcohol motifs (C(OH)–C–C–N with tert-alkyl or cyclic N) is 1. The minimum Gasteiger partial charge on any atom is -0.391 e. The van der Waals surface area contributed by atoms with Crippen LogP contribution in [0.15, 0.2) is 29.8 Å². The van der Waals surface area contributed by atoms with Crippen LogP contribution in [0.25, 0.3) is 10.4 Å². The third-order valence-electron chi connectivity index (χ3n) is 5.01. The number of rotatable bonds is 5. The molecule has 6 nitrogen and oxygen atoms in total. The first-order chi connectivity index (χ1) is 13.6. The molecule has 1 aliphatic rings. The Morgan fingerprint density at radius 1 is 1.27 bits per heavy atom. The number of nitrogens with zero attached hydrogens (tertiary/aromatic N) is 2. The zero-order valence-corrected chi connectivity index (χ0v) is 19.5. The van der Waals surface area contributed by atoms with Crippen molar-refractivity contribution in [2.24, 2.45) is 5.41 Å². The lowest BCUT2D eigenvalue weighted by molar-refractivity contribution is -0.140. The number of benzene rings is 1. The van der Waals surface area contributed by atoms with Crippen molar-refractivity contribution in [3.05, 3.63) is 41.0 Å². The Labute approximate surface area is 188 Å². The summed E-state index contributed by atoms with van der Waals surface area (Å²) in [4.78, 5) is 32.3. The molecule has 1 aromatic heterocycles. The van der Waals surface area contributed by atoms with Gasteiger partial charge in [0.15, 0.2) is 0 Å². The van der Waals surface area contributed by atoms with Gasteiger partial charge in [-0.3, -0.25) is 9.59 Å². The number of amides is 2. The first kappa shape index (κ1) is 24.3. The van der Waals surface area contributed by atoms with Gasteiger partial charge in [-0.2, -0.15) is 0 Å². The molecule has 3 rings (SSSR count). The number of nitrogens with one attached hydrogen (secondary N) is 1. The molecular formula is C22H30ClN3O3S. The molecule has 2 heterocycles. The van der Waals surface area contributed by atoms with Gasteiger partial charge in [-0.25, -0.2) is 4.98 Å². The van der Waals surface area contributed by atoms with E-state index in [1.165, 1.54) is 4.90 Å². The van der Waals surface area contributed by atoms with E-state index < -0.39 is 12.1 Å². The lowest BCUT2D eigenvalue weighted by Gasteiger charge is -2.27. The lowest BCUT2D eigenvalue weighted by atomic mass is 9.91. The summed E-state index contributed by atoms with van der Waals surface area (Å²) < 4.78 is 0. The molecule has 0 spiro atoms. The van der Waals surface area contributed by atoms with E-state index in [1.54, 1.807) is 11.3 Å². The average Bonchev–Trinajstić information content (AvgIpc) is 3.24. The molecule has 0 radical (unpaired) electrons. The van der Waals surface area contributed by atoms with Crippen molar-refractivity contribution < 1.29 is 14.7 Å². The SMILES string of the molecule is Cc1ncsc1-c1ccc(CNC(=O)C2CC(O)CN2C(=O)CC(C)(C)C)cc1.Cl. The van der Waals surface area contributed by atoms with Gasteiger partial charge in [0.25, 0.3) is 0 Å². The molecule has 2 N–H and O–H groups in total. The van der Waals surface area contributed by atoms with Crippen LogP contribution in [0, 0.1) is 12.3 Å². The summed E-state index contributed by atoms with van der Waals surface area (Å²) in [7, 11) is 0. The maximum atomic E-state index is 12.7. The molecule has 0 saturated carbocycles. The van der Waals surface area contributed by atoms with Gasteiger partial charge in [-0.1, -0.05) is 45.0 Å². The Bertz CT molecular complexity index is 876. The summed E-state index contributed by atoms with van der Waals surface area (Å²) in [6.45, 7) is 8.56. The molecule has 2 aromatic rings. The van der Waals surface area contributed by atoms with Crippen LogP contribution in [0.2, 0.25) is 0 Å². The number of thiazole rings is 1. The number of aryl methyl sites for hydroxylation is 1. The lowest BCUT2D eigenvalue weighted by Crippen LogP contribution is -2.46. The Morgan fingerprint density at radius 2 is 1.93 bits per heavy atom. The summed E-state index contributed by atoms with van der Waals surface area (Å²) in [6, 6.07) is 7.42. The highest BCUT2D eigenvalue weighted by molar-refractivity contribution is 7.13. The van der Waals surface area contributed by atoms with Crippen LogP contribution in [0.3, 0.4) is 0 Å². The predicted octanol–water partition coefficient (Wildman–Crippen LogP) is 3.55. The minimum absolute atomic E-state index is 0. The molecule has 1 aromatic carbocycles. The number of aliphatic hydroxyl groups excluding tert-OH is 1. The second kappa shape index (κ2) is 9.90. The van der Waals surface area contributed by atoms with Gasteiger partial charge < -0.3 is 15.3 Å². The highest BCUT2D eigenvalue weighted by atomic mass is 35.5. The first-order valence-electron chi connectivity index (χ1n) is 9.89. The molecule has 1 fully saturated rings. The van der Waals surface area contributed by atoms with Crippen molar-refractivity contribution in [3.63, 3.8) is 0 Å². The van der Waals surface area contributed by atoms with Crippen LogP contribution in [-0.2, 0) is 16.1 Å². The van der Waals surface area contributed by atoms with E-state index in [4.69, 9.17) is 0 Å². The van der Waals surface area contributed by atoms with Gasteiger partial charge in [0.2, 0.25) is 11.8 Å². The van der Waals surface area contributed by atoms with Gasteiger partial charge in [-0.15, -0.1) is 23.7 Å². The van der Waals surface area contributed by atoms with Gasteiger partial charge in [0.1, 0.15) is 6.04 Å². The second-order valence-corrected chi connectivity index (χ2v) is 9.73. The van der Waals surface area contributed by atoms with Crippen molar-refractivity contribution in [1.29, 1.82) is 0 Å². The fourth-order valence-corrected chi connectivity index (χ4v) is 4.36. The Morgan fingerprint density at radius 3 is 2.50 bits per heavy atom. The number of carbonyl (C=O) groups excluding carboxylic acids is 2. The summed E-state index contributed by atoms with van der Waals surface area (Å²) in [5.41, 5.74) is 4.77. The highest BCUT2D eigenvalue weighted by Crippen LogP contribution is 2.27. The molecule has 1 saturated heterocycles. The number of aromatic nitrogens is 1. The fraction of sp³-hybridized carbons (Fsp3) is 0.500. The Hall–Kier alpha value is -1.96. The van der Waals surface area contributed by atoms with E-state index in [1.807, 2.05) is 57.5 Å². The van der Waals surface area contributed by atoms with Crippen LogP contribution in [-0.4, -0.2) is 45.5 Å². The van der Waals surface area contributed by atoms with Crippen molar-refractivity contribution in [1.82, 2.24) is 15.2 Å². The van der Waals surface area contributed by atoms with Gasteiger partial charge >= 0.3 is 0 Å². The molecule has 8 heteroatoms. The smallest absolute Gasteiger partial charge is 0.243 e. The number of aliphatic hydroxyl groups is 1. The average molecular weight is 452 g/mol. The Balaban J connectivity index is 0.00000320. The molecule has 0 aliphatic carbocycles. The topological polar surface area (TPSA) is 82.5 Å². The third kappa shape index (κ3) is 6.03. The summed E-state index contributed by atoms with van der Waals surface area (Å²) in [6.07, 6.45) is -0.0237. The Kier molecular flexibility index (Phi) is 8.02. The number of hydrogen-bond acceptors (Lipinski definition) is 5. The first-order valence-corrected chi connectivity index (χ1v) is 10.8. The molecule has 164 valence electrons. The zero-order valence-electron chi connectivity index (χ0n) is 17.8. The maximum absolute atomic E-state index is 12.7. The molecular weight excluding hydrogens is 422 g/mol. The quantitative estimate of drug-likeness (QED) is 0.728. The molecule has 0 bridgehead atoms. The second-order valence-electron chi connectivity index (χ2n) is 8.87. The fourth-order valence-electron chi connectivity index (χ4n) is 3.55. The summed E-state index contributed by atoms with van der Waals surface area (Å²) in [5.74, 6) is -0.301. The maximum Gasteiger partial charge on any atom is 0.243 e. The molecule has 2 unspecified atom stereocenters. The van der Waals surface area contributed by atoms with Gasteiger partial charge in [-0.05, 0) is 23.5 Å². The van der Waals surface area contributed by atoms with Crippen LogP contribution >= 0.6 is 23.7 Å². The molecule has 30 heavy (non-hydrogen) atoms. The van der Waals surface area contributed by atoms with E-state index in [2.05, 4.69) is 10.3 Å². The zero-order chi connectivity index (χ0) is 21.2. The van der Waals surface area contributed by atoms with Crippen LogP contribution in [0.1, 0.15) is 44.9 Å². The highest BCUT2D eigenvalue weighted by Gasteiger charge is 2.39. The van der Waals surface area contributed by atoms with E-state index in [0.717, 1.165) is 21.7 Å². The van der Waals surface area contributed by atoms with Crippen molar-refractivity contribution in [3.8, 4) is 10.4 Å². The summed E-state index contributed by atoms with van der Waals surface area (Å²) >= 11 is 1.61. The van der Waals surface area contributed by atoms with Crippen LogP contribution < -0.4 is 5.32 Å². The number of likely N-dealkylation sites (tertiary alicyclic amines) is 1. The number of carbonyl (C=O) groups is 2. The number of halogens is 1. The monoisotopic (exact) mass is 451 g/mol. The van der Waals surface area contributed by atoms with Crippen molar-refractivity contribution in [2.45, 2.75) is 59.2 Å². The predicted molar refractivity (Wildman–Crippen MR) is 122 cm³/mol. The van der Waals surface area contributed by atoms with E-state index in [-0.39, 0.29) is 42.6 Å². The molecule has 1 aliphatic heterocycles. The molecule has 2 atom stereocenters. The summed E-state index contributed by atoms with van der Waals surface area (Å²) in [5, 5.41) is 12.9. The van der Waals surface area contributed by atoms with E-state index in [0.29, 0.717) is 13.0 Å². The van der Waals surface area contributed by atoms with E-state index >= 15 is 0 Å². The van der Waals surface area contributed by atoms with Crippen LogP contribution in [0.4, 0.5) is 0 Å². The standard InChI is InChI=1S/C22H29N3O3S.ClH/c1-14-20(29-13-24-14)16-7-5-15(6-8-16)11-23-21(28)18-9-17(26)12-25(18)19(27)10-22(2,3)4;/h5-8,13,17-18,26H,9-12H2,1-4H3,(H,23,28);1H. The van der Waals surface area contributed by atoms with Crippen molar-refractivity contribution in [2.75, 3.05) is 6.54 Å². The van der Waals surface area contributed by atoms with Crippen LogP contribution in [0.5, 0.6) is 0 Å². The van der Waals surface area contributed by atoms with Gasteiger partial charge in [0, 0.05) is 25.9 Å². The van der Waals surface area contributed by atoms with Crippen molar-refractivity contribution >= 4 is 35.6 Å². The minimum atomic E-state index is -0.656. The molecule has 2 amide bonds.